The molecule has 1 saturated carbocycles. The number of nitrogens with one attached hydrogen (secondary N) is 4. The summed E-state index contributed by atoms with van der Waals surface area (Å²) in [6.07, 6.45) is 6.92. The van der Waals surface area contributed by atoms with Crippen molar-refractivity contribution in [3.8, 4) is 0 Å². The topological polar surface area (TPSA) is 142 Å². The van der Waals surface area contributed by atoms with Gasteiger partial charge in [0.15, 0.2) is 0 Å². The number of nitrogens with zero attached hydrogens (tertiary/aromatic N) is 2. The molecule has 0 aromatic carbocycles. The van der Waals surface area contributed by atoms with E-state index >= 15 is 0 Å². The van der Waals surface area contributed by atoms with Gasteiger partial charge in [-0.2, -0.15) is 0 Å². The summed E-state index contributed by atoms with van der Waals surface area (Å²) >= 11 is 0. The van der Waals surface area contributed by atoms with E-state index in [9.17, 15) is 19.2 Å². The molecule has 1 fully saturated rings. The minimum Gasteiger partial charge on any atom is -0.311 e. The van der Waals surface area contributed by atoms with Gasteiger partial charge in [0.2, 0.25) is 23.6 Å². The fourth-order valence-corrected chi connectivity index (χ4v) is 4.97. The maximum atomic E-state index is 13.3. The van der Waals surface area contributed by atoms with E-state index in [2.05, 4.69) is 31.2 Å². The zero-order valence-corrected chi connectivity index (χ0v) is 21.0. The van der Waals surface area contributed by atoms with Crippen LogP contribution in [0.15, 0.2) is 48.6 Å². The number of pyridine rings is 2. The van der Waals surface area contributed by atoms with Crippen LogP contribution in [-0.4, -0.2) is 33.6 Å². The minimum absolute atomic E-state index is 0.0548. The molecule has 0 spiro atoms. The van der Waals surface area contributed by atoms with Gasteiger partial charge in [-0.05, 0) is 55.4 Å². The summed E-state index contributed by atoms with van der Waals surface area (Å²) in [6.45, 7) is 3.83. The van der Waals surface area contributed by atoms with E-state index in [1.807, 2.05) is 26.0 Å². The average Bonchev–Trinajstić information content (AvgIpc) is 3.47. The molecule has 2 bridgehead atoms. The molecule has 2 aromatic rings. The average molecular weight is 505 g/mol. The predicted molar refractivity (Wildman–Crippen MR) is 141 cm³/mol. The highest BCUT2D eigenvalue weighted by Gasteiger charge is 2.51. The van der Waals surface area contributed by atoms with Crippen LogP contribution in [0.1, 0.15) is 46.0 Å². The van der Waals surface area contributed by atoms with E-state index in [4.69, 9.17) is 0 Å². The fraction of sp³-hybridized carbons (Fsp3) is 0.407. The monoisotopic (exact) mass is 504 g/mol. The second kappa shape index (κ2) is 11.8. The number of fused-ring (bicyclic) bond motifs is 2. The second-order valence-electron chi connectivity index (χ2n) is 9.39. The first-order chi connectivity index (χ1) is 17.9. The second-order valence-corrected chi connectivity index (χ2v) is 9.39. The van der Waals surface area contributed by atoms with Crippen molar-refractivity contribution in [2.75, 3.05) is 21.3 Å². The molecule has 194 valence electrons. The molecule has 2 aromatic heterocycles. The van der Waals surface area contributed by atoms with Crippen LogP contribution < -0.4 is 21.3 Å². The van der Waals surface area contributed by atoms with Crippen LogP contribution in [-0.2, 0) is 19.2 Å². The van der Waals surface area contributed by atoms with Crippen molar-refractivity contribution in [3.63, 3.8) is 0 Å². The summed E-state index contributed by atoms with van der Waals surface area (Å²) in [4.78, 5) is 59.1. The summed E-state index contributed by atoms with van der Waals surface area (Å²) in [5, 5.41) is 11.1. The number of rotatable bonds is 10. The fourth-order valence-electron chi connectivity index (χ4n) is 4.97. The maximum absolute atomic E-state index is 13.3. The summed E-state index contributed by atoms with van der Waals surface area (Å²) in [6, 6.07) is 10.0. The third kappa shape index (κ3) is 6.38. The molecule has 2 aliphatic carbocycles. The van der Waals surface area contributed by atoms with Crippen molar-refractivity contribution >= 4 is 46.9 Å². The van der Waals surface area contributed by atoms with Crippen LogP contribution in [0.2, 0.25) is 0 Å². The summed E-state index contributed by atoms with van der Waals surface area (Å²) in [5.41, 5.74) is 0. The van der Waals surface area contributed by atoms with Gasteiger partial charge in [0.25, 0.3) is 0 Å². The number of carbonyl (C=O) groups excluding carboxylic acids is 4. The highest BCUT2D eigenvalue weighted by molar-refractivity contribution is 6.01. The maximum Gasteiger partial charge on any atom is 0.230 e. The lowest BCUT2D eigenvalue weighted by molar-refractivity contribution is -0.129. The van der Waals surface area contributed by atoms with Crippen molar-refractivity contribution in [2.45, 2.75) is 46.0 Å². The van der Waals surface area contributed by atoms with E-state index in [-0.39, 0.29) is 35.5 Å². The molecule has 4 rings (SSSR count). The van der Waals surface area contributed by atoms with Gasteiger partial charge in [-0.3, -0.25) is 19.2 Å². The van der Waals surface area contributed by atoms with Gasteiger partial charge in [-0.25, -0.2) is 9.97 Å². The number of allylic oxidation sites excluding steroid dienone is 2. The van der Waals surface area contributed by atoms with Crippen molar-refractivity contribution in [2.24, 2.45) is 23.7 Å². The van der Waals surface area contributed by atoms with E-state index in [0.717, 1.165) is 19.3 Å². The molecule has 2 aliphatic rings. The number of anilines is 4. The lowest BCUT2D eigenvalue weighted by Gasteiger charge is -2.26. The molecule has 2 heterocycles. The zero-order chi connectivity index (χ0) is 26.4. The van der Waals surface area contributed by atoms with Gasteiger partial charge in [0, 0.05) is 12.8 Å². The highest BCUT2D eigenvalue weighted by Crippen LogP contribution is 2.48. The Labute approximate surface area is 215 Å². The van der Waals surface area contributed by atoms with Crippen molar-refractivity contribution < 1.29 is 19.2 Å². The Balaban J connectivity index is 1.44. The Morgan fingerprint density at radius 2 is 1.05 bits per heavy atom. The Morgan fingerprint density at radius 1 is 0.676 bits per heavy atom. The van der Waals surface area contributed by atoms with Gasteiger partial charge in [0.05, 0.1) is 11.8 Å². The predicted octanol–water partition coefficient (Wildman–Crippen LogP) is 3.97. The molecule has 2 unspecified atom stereocenters. The molecule has 0 radical (unpaired) electrons. The van der Waals surface area contributed by atoms with Gasteiger partial charge >= 0.3 is 0 Å². The zero-order valence-electron chi connectivity index (χ0n) is 21.0. The van der Waals surface area contributed by atoms with Crippen molar-refractivity contribution in [1.29, 1.82) is 0 Å². The van der Waals surface area contributed by atoms with E-state index in [1.165, 1.54) is 0 Å². The molecule has 0 saturated heterocycles. The van der Waals surface area contributed by atoms with Crippen molar-refractivity contribution in [3.05, 3.63) is 48.6 Å². The number of aromatic nitrogens is 2. The standard InChI is InChI=1S/C27H32N6O4/c1-3-7-22(34)30-18-9-5-11-20(28-18)32-26(36)24-16-13-14-17(15-16)25(24)27(37)33-21-12-6-10-19(29-21)31-23(35)8-4-2/h5-6,9-14,16-17,24-25H,3-4,7-8,15H2,1-2H3,(H2,28,30,32,34,36)(H2,29,31,33,35,37)/t16?,17?,24-,25-/m1/s1. The summed E-state index contributed by atoms with van der Waals surface area (Å²) in [5.74, 6) is -0.792. The van der Waals surface area contributed by atoms with Gasteiger partial charge in [-0.1, -0.05) is 38.1 Å². The van der Waals surface area contributed by atoms with E-state index < -0.39 is 11.8 Å². The van der Waals surface area contributed by atoms with Crippen LogP contribution >= 0.6 is 0 Å². The molecular formula is C27H32N6O4. The molecule has 4 atom stereocenters. The third-order valence-electron chi connectivity index (χ3n) is 6.55. The van der Waals surface area contributed by atoms with Crippen LogP contribution in [0, 0.1) is 23.7 Å². The first-order valence-corrected chi connectivity index (χ1v) is 12.7. The Hall–Kier alpha value is -4.08. The normalized spacial score (nSPS) is 21.4. The van der Waals surface area contributed by atoms with Crippen LogP contribution in [0.4, 0.5) is 23.3 Å². The third-order valence-corrected chi connectivity index (χ3v) is 6.55. The number of hydrogen-bond donors (Lipinski definition) is 4. The Bertz CT molecular complexity index is 1120. The van der Waals surface area contributed by atoms with Gasteiger partial charge in [0.1, 0.15) is 23.3 Å². The largest absolute Gasteiger partial charge is 0.311 e. The molecule has 0 aliphatic heterocycles. The lowest BCUT2D eigenvalue weighted by atomic mass is 9.81. The quantitative estimate of drug-likeness (QED) is 0.361. The number of amides is 4. The summed E-state index contributed by atoms with van der Waals surface area (Å²) in [7, 11) is 0. The first kappa shape index (κ1) is 26.0. The number of carbonyl (C=O) groups is 4. The molecule has 4 N–H and O–H groups in total. The molecular weight excluding hydrogens is 472 g/mol. The first-order valence-electron chi connectivity index (χ1n) is 12.7. The molecule has 10 heteroatoms. The van der Waals surface area contributed by atoms with E-state index in [0.29, 0.717) is 36.1 Å². The Morgan fingerprint density at radius 3 is 1.43 bits per heavy atom. The van der Waals surface area contributed by atoms with Crippen LogP contribution in [0.3, 0.4) is 0 Å². The van der Waals surface area contributed by atoms with Crippen molar-refractivity contribution in [1.82, 2.24) is 9.97 Å². The van der Waals surface area contributed by atoms with Crippen LogP contribution in [0.25, 0.3) is 0 Å². The highest BCUT2D eigenvalue weighted by atomic mass is 16.2. The number of hydrogen-bond acceptors (Lipinski definition) is 6. The molecule has 10 nitrogen and oxygen atoms in total. The van der Waals surface area contributed by atoms with Gasteiger partial charge in [-0.15, -0.1) is 0 Å². The minimum atomic E-state index is -0.567. The smallest absolute Gasteiger partial charge is 0.230 e. The Kier molecular flexibility index (Phi) is 8.27. The SMILES string of the molecule is CCCC(=O)Nc1cccc(NC(=O)[C@@H]2C3C=CC(C3)[C@H]2C(=O)Nc2cccc(NC(=O)CCC)n2)n1. The molecule has 4 amide bonds. The molecule has 37 heavy (non-hydrogen) atoms. The van der Waals surface area contributed by atoms with Gasteiger partial charge < -0.3 is 21.3 Å². The summed E-state index contributed by atoms with van der Waals surface area (Å²) < 4.78 is 0. The van der Waals surface area contributed by atoms with E-state index in [1.54, 1.807) is 36.4 Å². The lowest BCUT2D eigenvalue weighted by Crippen LogP contribution is -2.39. The van der Waals surface area contributed by atoms with Crippen LogP contribution in [0.5, 0.6) is 0 Å².